The first-order valence-electron chi connectivity index (χ1n) is 13.5. The topological polar surface area (TPSA) is 26.3 Å². The summed E-state index contributed by atoms with van der Waals surface area (Å²) in [7, 11) is 0. The highest BCUT2D eigenvalue weighted by Crippen LogP contribution is 2.50. The van der Waals surface area contributed by atoms with Crippen LogP contribution in [0.2, 0.25) is 0 Å². The van der Waals surface area contributed by atoms with Gasteiger partial charge in [0.25, 0.3) is 0 Å². The van der Waals surface area contributed by atoms with E-state index in [1.807, 2.05) is 0 Å². The molecule has 0 N–H and O–H groups in total. The summed E-state index contributed by atoms with van der Waals surface area (Å²) in [5.41, 5.74) is 6.36. The second-order valence-electron chi connectivity index (χ2n) is 13.0. The van der Waals surface area contributed by atoms with Gasteiger partial charge in [-0.3, -0.25) is 0 Å². The Morgan fingerprint density at radius 2 is 0.789 bits per heavy atom. The van der Waals surface area contributed by atoms with Gasteiger partial charge in [0.2, 0.25) is 0 Å². The van der Waals surface area contributed by atoms with Crippen LogP contribution in [0.5, 0.6) is 0 Å². The fourth-order valence-corrected chi connectivity index (χ4v) is 6.77. The fourth-order valence-electron chi connectivity index (χ4n) is 6.77. The summed E-state index contributed by atoms with van der Waals surface area (Å²) in [6.07, 6.45) is 0. The van der Waals surface area contributed by atoms with Gasteiger partial charge >= 0.3 is 0 Å². The third-order valence-electron chi connectivity index (χ3n) is 8.44. The van der Waals surface area contributed by atoms with Gasteiger partial charge in [-0.05, 0) is 90.7 Å². The van der Waals surface area contributed by atoms with Crippen LogP contribution in [-0.4, -0.2) is 0 Å². The Bertz CT molecular complexity index is 2080. The maximum atomic E-state index is 6.50. The van der Waals surface area contributed by atoms with E-state index in [2.05, 4.69) is 114 Å². The summed E-state index contributed by atoms with van der Waals surface area (Å²) in [6.45, 7) is 13.9. The molecular formula is C36H30O2. The summed E-state index contributed by atoms with van der Waals surface area (Å²) < 4.78 is 13.0. The molecule has 0 aliphatic heterocycles. The quantitative estimate of drug-likeness (QED) is 0.196. The highest BCUT2D eigenvalue weighted by atomic mass is 16.3. The van der Waals surface area contributed by atoms with E-state index in [0.29, 0.717) is 0 Å². The van der Waals surface area contributed by atoms with Gasteiger partial charge in [0.1, 0.15) is 22.3 Å². The van der Waals surface area contributed by atoms with Crippen molar-refractivity contribution < 1.29 is 8.83 Å². The van der Waals surface area contributed by atoms with E-state index < -0.39 is 0 Å². The second kappa shape index (κ2) is 6.88. The highest BCUT2D eigenvalue weighted by Gasteiger charge is 2.28. The molecule has 0 radical (unpaired) electrons. The van der Waals surface area contributed by atoms with Crippen LogP contribution in [0, 0.1) is 0 Å². The molecule has 186 valence electrons. The van der Waals surface area contributed by atoms with Crippen molar-refractivity contribution >= 4 is 76.2 Å². The summed E-state index contributed by atoms with van der Waals surface area (Å²) in [5, 5.41) is 12.6. The molecule has 2 nitrogen and oxygen atoms in total. The molecule has 0 spiro atoms. The van der Waals surface area contributed by atoms with Crippen molar-refractivity contribution in [2.24, 2.45) is 0 Å². The molecule has 0 atom stereocenters. The normalized spacial score (nSPS) is 13.5. The van der Waals surface area contributed by atoms with E-state index in [1.165, 1.54) is 65.0 Å². The lowest BCUT2D eigenvalue weighted by atomic mass is 9.76. The lowest BCUT2D eigenvalue weighted by Crippen LogP contribution is -2.14. The SMILES string of the molecule is CC(C)(C)c1cc2c3c(cc4c(C(C)(C)C)cc5c6c(cc1c5c42)oc1ccccc16)oc1ccccc13. The minimum Gasteiger partial charge on any atom is -0.456 e. The number of rotatable bonds is 0. The monoisotopic (exact) mass is 494 g/mol. The van der Waals surface area contributed by atoms with Crippen molar-refractivity contribution in [1.29, 1.82) is 0 Å². The zero-order valence-electron chi connectivity index (χ0n) is 22.7. The molecule has 6 aromatic carbocycles. The van der Waals surface area contributed by atoms with Crippen molar-refractivity contribution in [3.8, 4) is 0 Å². The molecule has 0 aliphatic rings. The van der Waals surface area contributed by atoms with Crippen LogP contribution in [-0.2, 0) is 10.8 Å². The molecule has 2 heterocycles. The van der Waals surface area contributed by atoms with Crippen LogP contribution in [0.15, 0.2) is 81.6 Å². The second-order valence-corrected chi connectivity index (χ2v) is 13.0. The molecule has 8 rings (SSSR count). The van der Waals surface area contributed by atoms with Gasteiger partial charge in [-0.15, -0.1) is 0 Å². The van der Waals surface area contributed by atoms with E-state index in [0.717, 1.165) is 22.3 Å². The Morgan fingerprint density at radius 3 is 1.18 bits per heavy atom. The Kier molecular flexibility index (Phi) is 3.98. The molecule has 38 heavy (non-hydrogen) atoms. The first-order valence-corrected chi connectivity index (χ1v) is 13.5. The number of para-hydroxylation sites is 2. The number of hydrogen-bond acceptors (Lipinski definition) is 2. The van der Waals surface area contributed by atoms with Crippen LogP contribution in [0.3, 0.4) is 0 Å². The fraction of sp³-hybridized carbons (Fsp3) is 0.222. The van der Waals surface area contributed by atoms with E-state index in [1.54, 1.807) is 0 Å². The van der Waals surface area contributed by atoms with Crippen LogP contribution < -0.4 is 0 Å². The summed E-state index contributed by atoms with van der Waals surface area (Å²) in [4.78, 5) is 0. The first kappa shape index (κ1) is 22.0. The highest BCUT2D eigenvalue weighted by molar-refractivity contribution is 6.37. The molecule has 0 saturated heterocycles. The molecule has 0 unspecified atom stereocenters. The molecule has 0 fully saturated rings. The van der Waals surface area contributed by atoms with Gasteiger partial charge in [-0.2, -0.15) is 0 Å². The molecule has 0 saturated carbocycles. The standard InChI is InChI=1S/C36H30O2/c1-35(2,3)25-15-23-31-19-11-7-9-13-27(19)38-30(31)18-22-26(36(4,5)6)16-24-32-20-12-8-10-14-28(20)37-29(32)17-21(25)33(24)34(22)23/h7-18H,1-6H3. The molecule has 0 aliphatic carbocycles. The average Bonchev–Trinajstić information content (AvgIpc) is 3.42. The van der Waals surface area contributed by atoms with Gasteiger partial charge < -0.3 is 8.83 Å². The summed E-state index contributed by atoms with van der Waals surface area (Å²) >= 11 is 0. The van der Waals surface area contributed by atoms with Gasteiger partial charge in [-0.25, -0.2) is 0 Å². The number of furan rings is 2. The minimum absolute atomic E-state index is 0.0545. The third-order valence-corrected chi connectivity index (χ3v) is 8.44. The van der Waals surface area contributed by atoms with Gasteiger partial charge in [0.15, 0.2) is 0 Å². The van der Waals surface area contributed by atoms with Crippen LogP contribution in [0.25, 0.3) is 76.2 Å². The van der Waals surface area contributed by atoms with Gasteiger partial charge in [0, 0.05) is 21.5 Å². The molecule has 8 aromatic rings. The van der Waals surface area contributed by atoms with Crippen molar-refractivity contribution in [2.75, 3.05) is 0 Å². The lowest BCUT2D eigenvalue weighted by molar-refractivity contribution is 0.595. The van der Waals surface area contributed by atoms with Crippen molar-refractivity contribution in [3.63, 3.8) is 0 Å². The van der Waals surface area contributed by atoms with Crippen molar-refractivity contribution in [3.05, 3.63) is 83.9 Å². The molecule has 0 amide bonds. The number of hydrogen-bond donors (Lipinski definition) is 0. The lowest BCUT2D eigenvalue weighted by Gasteiger charge is -2.28. The largest absolute Gasteiger partial charge is 0.456 e. The zero-order chi connectivity index (χ0) is 26.1. The van der Waals surface area contributed by atoms with E-state index in [9.17, 15) is 0 Å². The average molecular weight is 495 g/mol. The van der Waals surface area contributed by atoms with Crippen LogP contribution in [0.4, 0.5) is 0 Å². The van der Waals surface area contributed by atoms with Gasteiger partial charge in [0.05, 0.1) is 0 Å². The van der Waals surface area contributed by atoms with E-state index in [-0.39, 0.29) is 10.8 Å². The Hall–Kier alpha value is -4.04. The smallest absolute Gasteiger partial charge is 0.136 e. The molecule has 2 aromatic heterocycles. The molecular weight excluding hydrogens is 464 g/mol. The predicted molar refractivity (Wildman–Crippen MR) is 162 cm³/mol. The maximum Gasteiger partial charge on any atom is 0.136 e. The van der Waals surface area contributed by atoms with Crippen LogP contribution >= 0.6 is 0 Å². The third kappa shape index (κ3) is 2.73. The predicted octanol–water partition coefficient (Wildman–Crippen LogP) is 11.0. The Balaban J connectivity index is 1.77. The first-order chi connectivity index (χ1) is 18.1. The molecule has 2 heteroatoms. The number of fused-ring (bicyclic) bond motifs is 8. The maximum absolute atomic E-state index is 6.50. The Labute approximate surface area is 221 Å². The molecule has 0 bridgehead atoms. The number of benzene rings is 6. The summed E-state index contributed by atoms with van der Waals surface area (Å²) in [5.74, 6) is 0. The summed E-state index contributed by atoms with van der Waals surface area (Å²) in [6, 6.07) is 26.4. The zero-order valence-corrected chi connectivity index (χ0v) is 22.7. The Morgan fingerprint density at radius 1 is 0.395 bits per heavy atom. The van der Waals surface area contributed by atoms with Crippen LogP contribution in [0.1, 0.15) is 52.7 Å². The van der Waals surface area contributed by atoms with Gasteiger partial charge in [-0.1, -0.05) is 77.9 Å². The van der Waals surface area contributed by atoms with E-state index >= 15 is 0 Å². The van der Waals surface area contributed by atoms with E-state index in [4.69, 9.17) is 8.83 Å². The minimum atomic E-state index is -0.0545. The van der Waals surface area contributed by atoms with Crippen molar-refractivity contribution in [1.82, 2.24) is 0 Å². The van der Waals surface area contributed by atoms with Crippen molar-refractivity contribution in [2.45, 2.75) is 52.4 Å².